The number of fused-ring (bicyclic) bond motifs is 2. The number of aliphatic hydroxyl groups is 1. The van der Waals surface area contributed by atoms with Crippen LogP contribution in [0.1, 0.15) is 60.7 Å². The van der Waals surface area contributed by atoms with Gasteiger partial charge in [-0.1, -0.05) is 29.8 Å². The lowest BCUT2D eigenvalue weighted by molar-refractivity contribution is -0.153. The van der Waals surface area contributed by atoms with E-state index in [0.717, 1.165) is 16.7 Å². The molecule has 0 bridgehead atoms. The summed E-state index contributed by atoms with van der Waals surface area (Å²) in [6, 6.07) is 3.86. The molecule has 0 aromatic heterocycles. The average molecular weight is 404 g/mol. The fourth-order valence-corrected chi connectivity index (χ4v) is 3.90. The molecule has 1 fully saturated rings. The van der Waals surface area contributed by atoms with Gasteiger partial charge in [-0.25, -0.2) is 9.18 Å². The maximum atomic E-state index is 14.6. The molecule has 1 aromatic carbocycles. The first-order valence-electron chi connectivity index (χ1n) is 9.95. The smallest absolute Gasteiger partial charge is 0.339 e. The Morgan fingerprint density at radius 1 is 1.17 bits per heavy atom. The van der Waals surface area contributed by atoms with Crippen LogP contribution < -0.4 is 0 Å². The molecule has 1 aromatic rings. The van der Waals surface area contributed by atoms with Crippen LogP contribution in [0.3, 0.4) is 0 Å². The summed E-state index contributed by atoms with van der Waals surface area (Å²) < 4.78 is 31.8. The number of aryl methyl sites for hydroxylation is 2. The number of carbonyl (C=O) groups excluding carboxylic acids is 1. The number of rotatable bonds is 0. The van der Waals surface area contributed by atoms with Crippen LogP contribution in [0.5, 0.6) is 0 Å². The Morgan fingerprint density at radius 3 is 2.62 bits per heavy atom. The molecule has 0 spiro atoms. The van der Waals surface area contributed by atoms with E-state index in [1.54, 1.807) is 20.8 Å². The van der Waals surface area contributed by atoms with Gasteiger partial charge >= 0.3 is 5.97 Å². The second-order valence-electron chi connectivity index (χ2n) is 8.31. The standard InChI is InChI=1S/C23H29FO5/c1-13-11-14(2)19-16(12-13)7-6-8-18-21(29-23(4,5)28-18)20(25)17(24)10-9-15(3)27-22(19)26/h6-7,10-12,15,18,20-21,25H,8-9H2,1-5H3/b7-6+,17-10+/t15?,18-,20?,21?/m1/s1. The summed E-state index contributed by atoms with van der Waals surface area (Å²) in [6.07, 6.45) is 2.16. The third-order valence-corrected chi connectivity index (χ3v) is 5.15. The number of halogens is 1. The number of hydrogen-bond acceptors (Lipinski definition) is 5. The van der Waals surface area contributed by atoms with Gasteiger partial charge in [0.1, 0.15) is 24.1 Å². The zero-order chi connectivity index (χ0) is 21.3. The van der Waals surface area contributed by atoms with E-state index in [1.165, 1.54) is 6.08 Å². The molecule has 158 valence electrons. The molecule has 4 atom stereocenters. The Morgan fingerprint density at radius 2 is 1.90 bits per heavy atom. The van der Waals surface area contributed by atoms with E-state index < -0.39 is 42.0 Å². The minimum Gasteiger partial charge on any atom is -0.459 e. The lowest BCUT2D eigenvalue weighted by Gasteiger charge is -2.22. The minimum absolute atomic E-state index is 0.145. The number of carbonyl (C=O) groups is 1. The van der Waals surface area contributed by atoms with Crippen LogP contribution in [0.15, 0.2) is 30.1 Å². The summed E-state index contributed by atoms with van der Waals surface area (Å²) in [4.78, 5) is 12.8. The van der Waals surface area contributed by atoms with E-state index in [4.69, 9.17) is 14.2 Å². The Balaban J connectivity index is 2.01. The fourth-order valence-electron chi connectivity index (χ4n) is 3.90. The second kappa shape index (κ2) is 8.38. The third kappa shape index (κ3) is 4.94. The highest BCUT2D eigenvalue weighted by Gasteiger charge is 2.45. The van der Waals surface area contributed by atoms with Gasteiger partial charge < -0.3 is 19.3 Å². The van der Waals surface area contributed by atoms with E-state index in [9.17, 15) is 14.3 Å². The molecule has 1 saturated heterocycles. The maximum absolute atomic E-state index is 14.6. The van der Waals surface area contributed by atoms with Gasteiger partial charge in [0.15, 0.2) is 5.79 Å². The monoisotopic (exact) mass is 404 g/mol. The lowest BCUT2D eigenvalue weighted by Crippen LogP contribution is -2.36. The first-order valence-corrected chi connectivity index (χ1v) is 9.95. The van der Waals surface area contributed by atoms with Crippen LogP contribution in [0.25, 0.3) is 6.08 Å². The van der Waals surface area contributed by atoms with Crippen LogP contribution in [0.4, 0.5) is 4.39 Å². The van der Waals surface area contributed by atoms with E-state index in [0.29, 0.717) is 12.0 Å². The van der Waals surface area contributed by atoms with E-state index in [1.807, 2.05) is 38.1 Å². The molecular weight excluding hydrogens is 375 g/mol. The summed E-state index contributed by atoms with van der Waals surface area (Å²) in [5, 5.41) is 10.5. The van der Waals surface area contributed by atoms with E-state index in [-0.39, 0.29) is 6.42 Å². The van der Waals surface area contributed by atoms with Gasteiger partial charge in [0.05, 0.1) is 11.7 Å². The molecule has 2 aliphatic heterocycles. The van der Waals surface area contributed by atoms with Crippen molar-refractivity contribution in [1.82, 2.24) is 0 Å². The van der Waals surface area contributed by atoms with E-state index in [2.05, 4.69) is 0 Å². The Hall–Kier alpha value is -2.02. The minimum atomic E-state index is -1.45. The molecule has 0 amide bonds. The van der Waals surface area contributed by atoms with Crippen LogP contribution in [0, 0.1) is 13.8 Å². The van der Waals surface area contributed by atoms with E-state index >= 15 is 0 Å². The summed E-state index contributed by atoms with van der Waals surface area (Å²) in [7, 11) is 0. The average Bonchev–Trinajstić information content (AvgIpc) is 2.92. The van der Waals surface area contributed by atoms with Gasteiger partial charge in [-0.3, -0.25) is 0 Å². The van der Waals surface area contributed by atoms with Crippen LogP contribution in [-0.2, 0) is 14.2 Å². The van der Waals surface area contributed by atoms with Crippen LogP contribution >= 0.6 is 0 Å². The maximum Gasteiger partial charge on any atom is 0.339 e. The Labute approximate surface area is 171 Å². The third-order valence-electron chi connectivity index (χ3n) is 5.15. The second-order valence-corrected chi connectivity index (χ2v) is 8.31. The van der Waals surface area contributed by atoms with Crippen molar-refractivity contribution in [2.24, 2.45) is 0 Å². The molecule has 3 unspecified atom stereocenters. The zero-order valence-electron chi connectivity index (χ0n) is 17.6. The zero-order valence-corrected chi connectivity index (χ0v) is 17.6. The number of hydrogen-bond donors (Lipinski definition) is 1. The molecule has 0 saturated carbocycles. The summed E-state index contributed by atoms with van der Waals surface area (Å²) >= 11 is 0. The van der Waals surface area contributed by atoms with Crippen LogP contribution in [-0.4, -0.2) is 41.3 Å². The molecule has 2 aliphatic rings. The lowest BCUT2D eigenvalue weighted by atomic mass is 9.97. The highest BCUT2D eigenvalue weighted by atomic mass is 19.1. The van der Waals surface area contributed by atoms with Crippen molar-refractivity contribution in [3.63, 3.8) is 0 Å². The molecule has 29 heavy (non-hydrogen) atoms. The first-order chi connectivity index (χ1) is 13.6. The van der Waals surface area contributed by atoms with Gasteiger partial charge in [-0.05, 0) is 58.2 Å². The van der Waals surface area contributed by atoms with Gasteiger partial charge in [0.2, 0.25) is 0 Å². The Bertz CT molecular complexity index is 842. The van der Waals surface area contributed by atoms with Gasteiger partial charge in [-0.15, -0.1) is 0 Å². The SMILES string of the molecule is Cc1cc(C)c2c(c1)/C=C/C[C@H]1OC(C)(C)OC1C(O)/C(F)=C\CC(C)OC2=O. The number of cyclic esters (lactones) is 1. The summed E-state index contributed by atoms with van der Waals surface area (Å²) in [5.74, 6) is -2.08. The topological polar surface area (TPSA) is 65.0 Å². The Kier molecular flexibility index (Phi) is 6.27. The highest BCUT2D eigenvalue weighted by molar-refractivity contribution is 5.95. The molecular formula is C23H29FO5. The van der Waals surface area contributed by atoms with Crippen molar-refractivity contribution >= 4 is 12.0 Å². The number of ether oxygens (including phenoxy) is 3. The van der Waals surface area contributed by atoms with Gasteiger partial charge in [0.25, 0.3) is 0 Å². The summed E-state index contributed by atoms with van der Waals surface area (Å²) in [5.41, 5.74) is 3.12. The fraction of sp³-hybridized carbons (Fsp3) is 0.522. The van der Waals surface area contributed by atoms with Crippen molar-refractivity contribution in [3.05, 3.63) is 52.4 Å². The molecule has 1 N–H and O–H groups in total. The molecule has 0 aliphatic carbocycles. The highest BCUT2D eigenvalue weighted by Crippen LogP contribution is 2.34. The van der Waals surface area contributed by atoms with Gasteiger partial charge in [0, 0.05) is 6.42 Å². The molecule has 3 rings (SSSR count). The first kappa shape index (κ1) is 21.7. The number of aliphatic hydroxyl groups excluding tert-OH is 1. The normalized spacial score (nSPS) is 32.9. The van der Waals surface area contributed by atoms with Gasteiger partial charge in [-0.2, -0.15) is 0 Å². The van der Waals surface area contributed by atoms with Crippen molar-refractivity contribution in [2.75, 3.05) is 0 Å². The molecule has 6 heteroatoms. The predicted octanol–water partition coefficient (Wildman–Crippen LogP) is 4.39. The predicted molar refractivity (Wildman–Crippen MR) is 108 cm³/mol. The largest absolute Gasteiger partial charge is 0.459 e. The van der Waals surface area contributed by atoms with Crippen molar-refractivity contribution < 1.29 is 28.5 Å². The number of esters is 1. The van der Waals surface area contributed by atoms with Crippen molar-refractivity contribution in [2.45, 2.75) is 77.7 Å². The molecule has 2 heterocycles. The quantitative estimate of drug-likeness (QED) is 0.650. The van der Waals surface area contributed by atoms with Crippen molar-refractivity contribution in [1.29, 1.82) is 0 Å². The van der Waals surface area contributed by atoms with Crippen LogP contribution in [0.2, 0.25) is 0 Å². The molecule has 5 nitrogen and oxygen atoms in total. The van der Waals surface area contributed by atoms with Crippen molar-refractivity contribution in [3.8, 4) is 0 Å². The molecule has 0 radical (unpaired) electrons. The summed E-state index contributed by atoms with van der Waals surface area (Å²) in [6.45, 7) is 9.01. The number of benzene rings is 1.